The van der Waals surface area contributed by atoms with Crippen molar-refractivity contribution < 1.29 is 14.5 Å². The predicted octanol–water partition coefficient (Wildman–Crippen LogP) is 1.96. The number of carbonyl (C=O) groups is 2. The molecule has 1 atom stereocenters. The van der Waals surface area contributed by atoms with Crippen LogP contribution in [0.15, 0.2) is 29.2 Å². The number of nitro groups is 1. The van der Waals surface area contributed by atoms with E-state index in [0.717, 1.165) is 4.90 Å². The molecular weight excluding hydrogens is 318 g/mol. The van der Waals surface area contributed by atoms with Crippen molar-refractivity contribution in [3.05, 3.63) is 34.4 Å². The number of amides is 2. The summed E-state index contributed by atoms with van der Waals surface area (Å²) in [7, 11) is 0. The standard InChI is InChI=1S/C15H21N3O4S/c1-10(2)14(19)16-8-9-17-15(20)11(3)23-13-6-4-12(5-7-13)18(21)22/h4-7,10-11H,8-9H2,1-3H3,(H,16,19)(H,17,20). The van der Waals surface area contributed by atoms with Crippen LogP contribution >= 0.6 is 11.8 Å². The first-order chi connectivity index (χ1) is 10.8. The Kier molecular flexibility index (Phi) is 7.53. The molecular formula is C15H21N3O4S. The van der Waals surface area contributed by atoms with Crippen LogP contribution in [-0.2, 0) is 9.59 Å². The molecule has 7 nitrogen and oxygen atoms in total. The normalized spacial score (nSPS) is 11.8. The van der Waals surface area contributed by atoms with Gasteiger partial charge in [0.2, 0.25) is 11.8 Å². The summed E-state index contributed by atoms with van der Waals surface area (Å²) in [4.78, 5) is 34.2. The van der Waals surface area contributed by atoms with Gasteiger partial charge in [-0.15, -0.1) is 11.8 Å². The fraction of sp³-hybridized carbons (Fsp3) is 0.467. The Labute approximate surface area is 139 Å². The van der Waals surface area contributed by atoms with Gasteiger partial charge in [0, 0.05) is 36.0 Å². The molecule has 0 aliphatic carbocycles. The summed E-state index contributed by atoms with van der Waals surface area (Å²) in [5.74, 6) is -0.276. The molecule has 0 bridgehead atoms. The van der Waals surface area contributed by atoms with Crippen molar-refractivity contribution in [2.45, 2.75) is 30.9 Å². The maximum atomic E-state index is 11.9. The van der Waals surface area contributed by atoms with E-state index in [1.807, 2.05) is 0 Å². The highest BCUT2D eigenvalue weighted by atomic mass is 32.2. The Balaban J connectivity index is 2.36. The third-order valence-electron chi connectivity index (χ3n) is 2.98. The van der Waals surface area contributed by atoms with Gasteiger partial charge in [0.15, 0.2) is 0 Å². The second-order valence-corrected chi connectivity index (χ2v) is 6.66. The van der Waals surface area contributed by atoms with Crippen LogP contribution in [0.3, 0.4) is 0 Å². The number of nitro benzene ring substituents is 1. The molecule has 0 aliphatic heterocycles. The van der Waals surface area contributed by atoms with E-state index in [1.54, 1.807) is 32.9 Å². The lowest BCUT2D eigenvalue weighted by Crippen LogP contribution is -2.38. The monoisotopic (exact) mass is 339 g/mol. The molecule has 0 saturated heterocycles. The fourth-order valence-electron chi connectivity index (χ4n) is 1.62. The van der Waals surface area contributed by atoms with Crippen LogP contribution < -0.4 is 10.6 Å². The van der Waals surface area contributed by atoms with E-state index < -0.39 is 4.92 Å². The van der Waals surface area contributed by atoms with Crippen molar-refractivity contribution in [3.63, 3.8) is 0 Å². The van der Waals surface area contributed by atoms with Gasteiger partial charge in [-0.25, -0.2) is 0 Å². The molecule has 2 N–H and O–H groups in total. The molecule has 0 saturated carbocycles. The van der Waals surface area contributed by atoms with Gasteiger partial charge < -0.3 is 10.6 Å². The molecule has 1 aromatic rings. The highest BCUT2D eigenvalue weighted by molar-refractivity contribution is 8.00. The molecule has 126 valence electrons. The molecule has 0 aromatic heterocycles. The second kappa shape index (κ2) is 9.14. The van der Waals surface area contributed by atoms with Gasteiger partial charge in [0.25, 0.3) is 5.69 Å². The number of hydrogen-bond acceptors (Lipinski definition) is 5. The number of carbonyl (C=O) groups excluding carboxylic acids is 2. The maximum Gasteiger partial charge on any atom is 0.269 e. The topological polar surface area (TPSA) is 101 Å². The number of non-ortho nitro benzene ring substituents is 1. The van der Waals surface area contributed by atoms with Crippen LogP contribution in [0.5, 0.6) is 0 Å². The molecule has 1 rings (SSSR count). The number of benzene rings is 1. The molecule has 0 radical (unpaired) electrons. The van der Waals surface area contributed by atoms with Crippen molar-refractivity contribution in [2.24, 2.45) is 5.92 Å². The number of rotatable bonds is 8. The molecule has 1 unspecified atom stereocenters. The lowest BCUT2D eigenvalue weighted by Gasteiger charge is -2.13. The second-order valence-electron chi connectivity index (χ2n) is 5.25. The smallest absolute Gasteiger partial charge is 0.269 e. The summed E-state index contributed by atoms with van der Waals surface area (Å²) >= 11 is 1.32. The Bertz CT molecular complexity index is 560. The molecule has 8 heteroatoms. The van der Waals surface area contributed by atoms with Gasteiger partial charge in [-0.05, 0) is 19.1 Å². The maximum absolute atomic E-state index is 11.9. The van der Waals surface area contributed by atoms with Gasteiger partial charge in [0.1, 0.15) is 0 Å². The zero-order chi connectivity index (χ0) is 17.4. The summed E-state index contributed by atoms with van der Waals surface area (Å²) in [6.07, 6.45) is 0. The lowest BCUT2D eigenvalue weighted by molar-refractivity contribution is -0.384. The predicted molar refractivity (Wildman–Crippen MR) is 89.3 cm³/mol. The Hall–Kier alpha value is -2.09. The van der Waals surface area contributed by atoms with E-state index in [4.69, 9.17) is 0 Å². The molecule has 1 aromatic carbocycles. The number of thioether (sulfide) groups is 1. The number of nitrogens with one attached hydrogen (secondary N) is 2. The molecule has 0 heterocycles. The van der Waals surface area contributed by atoms with Crippen LogP contribution in [0.25, 0.3) is 0 Å². The van der Waals surface area contributed by atoms with Crippen molar-refractivity contribution in [3.8, 4) is 0 Å². The zero-order valence-corrected chi connectivity index (χ0v) is 14.2. The van der Waals surface area contributed by atoms with Crippen LogP contribution in [-0.4, -0.2) is 35.1 Å². The quantitative estimate of drug-likeness (QED) is 0.326. The van der Waals surface area contributed by atoms with E-state index in [-0.39, 0.29) is 28.7 Å². The molecule has 2 amide bonds. The van der Waals surface area contributed by atoms with E-state index in [0.29, 0.717) is 13.1 Å². The van der Waals surface area contributed by atoms with Crippen LogP contribution in [0.1, 0.15) is 20.8 Å². The van der Waals surface area contributed by atoms with Crippen molar-refractivity contribution in [1.82, 2.24) is 10.6 Å². The average Bonchev–Trinajstić information content (AvgIpc) is 2.51. The van der Waals surface area contributed by atoms with Crippen LogP contribution in [0.4, 0.5) is 5.69 Å². The van der Waals surface area contributed by atoms with Crippen LogP contribution in [0, 0.1) is 16.0 Å². The molecule has 0 aliphatic rings. The zero-order valence-electron chi connectivity index (χ0n) is 13.4. The summed E-state index contributed by atoms with van der Waals surface area (Å²) in [5.41, 5.74) is 0.0207. The van der Waals surface area contributed by atoms with E-state index in [1.165, 1.54) is 23.9 Å². The van der Waals surface area contributed by atoms with Gasteiger partial charge >= 0.3 is 0 Å². The number of nitrogens with zero attached hydrogens (tertiary/aromatic N) is 1. The Morgan fingerprint density at radius 3 is 2.09 bits per heavy atom. The van der Waals surface area contributed by atoms with Gasteiger partial charge in [0.05, 0.1) is 10.2 Å². The number of hydrogen-bond donors (Lipinski definition) is 2. The fourth-order valence-corrected chi connectivity index (χ4v) is 2.52. The Morgan fingerprint density at radius 1 is 1.09 bits per heavy atom. The van der Waals surface area contributed by atoms with E-state index >= 15 is 0 Å². The van der Waals surface area contributed by atoms with Crippen molar-refractivity contribution in [2.75, 3.05) is 13.1 Å². The van der Waals surface area contributed by atoms with E-state index in [2.05, 4.69) is 10.6 Å². The first-order valence-electron chi connectivity index (χ1n) is 7.27. The van der Waals surface area contributed by atoms with Crippen LogP contribution in [0.2, 0.25) is 0 Å². The minimum atomic E-state index is -0.462. The lowest BCUT2D eigenvalue weighted by atomic mass is 10.2. The molecule has 0 spiro atoms. The minimum absolute atomic E-state index is 0.0207. The average molecular weight is 339 g/mol. The van der Waals surface area contributed by atoms with E-state index in [9.17, 15) is 19.7 Å². The summed E-state index contributed by atoms with van der Waals surface area (Å²) in [6.45, 7) is 6.11. The van der Waals surface area contributed by atoms with Gasteiger partial charge in [-0.1, -0.05) is 13.8 Å². The third-order valence-corrected chi connectivity index (χ3v) is 4.09. The summed E-state index contributed by atoms with van der Waals surface area (Å²) < 4.78 is 0. The summed E-state index contributed by atoms with van der Waals surface area (Å²) in [6, 6.07) is 6.06. The first kappa shape index (κ1) is 19.0. The highest BCUT2D eigenvalue weighted by Crippen LogP contribution is 2.25. The van der Waals surface area contributed by atoms with Gasteiger partial charge in [-0.3, -0.25) is 19.7 Å². The third kappa shape index (κ3) is 6.68. The molecule has 23 heavy (non-hydrogen) atoms. The Morgan fingerprint density at radius 2 is 1.61 bits per heavy atom. The van der Waals surface area contributed by atoms with Crippen molar-refractivity contribution >= 4 is 29.3 Å². The molecule has 0 fully saturated rings. The highest BCUT2D eigenvalue weighted by Gasteiger charge is 2.15. The summed E-state index contributed by atoms with van der Waals surface area (Å²) in [5, 5.41) is 15.7. The SMILES string of the molecule is CC(C)C(=O)NCCNC(=O)C(C)Sc1ccc([N+](=O)[O-])cc1. The van der Waals surface area contributed by atoms with Crippen molar-refractivity contribution in [1.29, 1.82) is 0 Å². The van der Waals surface area contributed by atoms with Gasteiger partial charge in [-0.2, -0.15) is 0 Å². The minimum Gasteiger partial charge on any atom is -0.354 e. The largest absolute Gasteiger partial charge is 0.354 e. The first-order valence-corrected chi connectivity index (χ1v) is 8.15.